The van der Waals surface area contributed by atoms with E-state index in [2.05, 4.69) is 49.5 Å². The summed E-state index contributed by atoms with van der Waals surface area (Å²) in [5.41, 5.74) is 10.5. The Morgan fingerprint density at radius 1 is 1.14 bits per heavy atom. The number of nitrogens with one attached hydrogen (secondary N) is 2. The minimum Gasteiger partial charge on any atom is -0.481 e. The number of rotatable bonds is 12. The van der Waals surface area contributed by atoms with E-state index in [1.807, 2.05) is 50.4 Å². The summed E-state index contributed by atoms with van der Waals surface area (Å²) in [6.45, 7) is 12.1. The molecule has 2 aliphatic carbocycles. The number of carbonyl (C=O) groups is 2. The molecule has 0 radical (unpaired) electrons. The van der Waals surface area contributed by atoms with Gasteiger partial charge in [0.25, 0.3) is 5.91 Å². The van der Waals surface area contributed by atoms with Crippen molar-refractivity contribution >= 4 is 35.4 Å². The molecule has 3 atom stereocenters. The molecule has 10 nitrogen and oxygen atoms in total. The Morgan fingerprint density at radius 2 is 1.88 bits per heavy atom. The Kier molecular flexibility index (Phi) is 14.0. The molecule has 2 aromatic carbocycles. The first kappa shape index (κ1) is 42.9. The van der Waals surface area contributed by atoms with Crippen molar-refractivity contribution in [3.05, 3.63) is 87.1 Å². The summed E-state index contributed by atoms with van der Waals surface area (Å²) in [5, 5.41) is 22.0. The number of ether oxygens (including phenoxy) is 1. The summed E-state index contributed by atoms with van der Waals surface area (Å²) < 4.78 is 5.69. The summed E-state index contributed by atoms with van der Waals surface area (Å²) >= 11 is 7.09. The van der Waals surface area contributed by atoms with Gasteiger partial charge in [0.2, 0.25) is 5.88 Å². The predicted molar refractivity (Wildman–Crippen MR) is 236 cm³/mol. The highest BCUT2D eigenvalue weighted by Crippen LogP contribution is 2.44. The van der Waals surface area contributed by atoms with E-state index in [4.69, 9.17) is 26.4 Å². The number of benzene rings is 2. The van der Waals surface area contributed by atoms with Crippen LogP contribution in [0.3, 0.4) is 0 Å². The number of methoxy groups -OCH3 is 1. The highest BCUT2D eigenvalue weighted by atomic mass is 35.5. The Balaban J connectivity index is 0.000000265. The van der Waals surface area contributed by atoms with Crippen LogP contribution in [0.1, 0.15) is 108 Å². The molecular weight excluding hydrogens is 748 g/mol. The molecule has 3 unspecified atom stereocenters. The third-order valence-corrected chi connectivity index (χ3v) is 13.2. The summed E-state index contributed by atoms with van der Waals surface area (Å²) in [5.74, 6) is 1.70. The van der Waals surface area contributed by atoms with Crippen LogP contribution in [0.2, 0.25) is 5.02 Å². The number of carbonyl (C=O) groups excluding carboxylic acids is 2. The van der Waals surface area contributed by atoms with Crippen molar-refractivity contribution in [1.82, 2.24) is 20.2 Å². The number of urea groups is 1. The van der Waals surface area contributed by atoms with Gasteiger partial charge in [-0.25, -0.2) is 9.78 Å². The van der Waals surface area contributed by atoms with Crippen molar-refractivity contribution in [2.45, 2.75) is 110 Å². The van der Waals surface area contributed by atoms with Crippen molar-refractivity contribution in [1.29, 1.82) is 0 Å². The summed E-state index contributed by atoms with van der Waals surface area (Å²) in [6.07, 6.45) is 14.2. The van der Waals surface area contributed by atoms with Crippen LogP contribution >= 0.6 is 11.6 Å². The van der Waals surface area contributed by atoms with Crippen LogP contribution in [-0.2, 0) is 11.2 Å². The average Bonchev–Trinajstić information content (AvgIpc) is 3.59. The lowest BCUT2D eigenvalue weighted by atomic mass is 9.82. The summed E-state index contributed by atoms with van der Waals surface area (Å²) in [4.78, 5) is 32.0. The molecule has 0 bridgehead atoms. The molecule has 3 N–H and O–H groups in total. The van der Waals surface area contributed by atoms with Gasteiger partial charge in [-0.15, -0.1) is 0 Å². The fourth-order valence-corrected chi connectivity index (χ4v) is 8.86. The van der Waals surface area contributed by atoms with Gasteiger partial charge < -0.3 is 25.4 Å². The van der Waals surface area contributed by atoms with Gasteiger partial charge in [-0.1, -0.05) is 76.0 Å². The number of anilines is 1. The van der Waals surface area contributed by atoms with Crippen LogP contribution in [0.5, 0.6) is 5.88 Å². The molecule has 3 heterocycles. The SMILES string of the molecule is CCC(C)CCC1(CC)CCN(CCO)C(=O)N1.COc1nc(-c2cccc(-c3cccc(NC(=O)C4=CC=NN(C)C4=C4CCC4)c3C)c2Cl)cc2c1C(C)CC2. The first-order valence-electron chi connectivity index (χ1n) is 21.1. The maximum atomic E-state index is 13.5. The smallest absolute Gasteiger partial charge is 0.317 e. The number of pyridine rings is 1. The zero-order valence-corrected chi connectivity index (χ0v) is 36.1. The molecule has 2 fully saturated rings. The maximum Gasteiger partial charge on any atom is 0.317 e. The first-order chi connectivity index (χ1) is 27.9. The van der Waals surface area contributed by atoms with Crippen molar-refractivity contribution in [3.8, 4) is 28.3 Å². The number of aryl methyl sites for hydroxylation is 1. The monoisotopic (exact) mass is 808 g/mol. The Hall–Kier alpha value is -4.67. The van der Waals surface area contributed by atoms with E-state index < -0.39 is 0 Å². The number of aliphatic hydroxyl groups excluding tert-OH is 1. The van der Waals surface area contributed by atoms with E-state index in [1.54, 1.807) is 29.3 Å². The van der Waals surface area contributed by atoms with E-state index >= 15 is 0 Å². The Bertz CT molecular complexity index is 2090. The quantitative estimate of drug-likeness (QED) is 0.168. The third kappa shape index (κ3) is 9.13. The summed E-state index contributed by atoms with van der Waals surface area (Å²) in [6, 6.07) is 14.1. The van der Waals surface area contributed by atoms with Crippen LogP contribution in [0.4, 0.5) is 10.5 Å². The molecule has 4 aliphatic rings. The Morgan fingerprint density at radius 3 is 2.55 bits per heavy atom. The van der Waals surface area contributed by atoms with E-state index in [0.717, 1.165) is 103 Å². The standard InChI is InChI=1S/C33H33ClN4O2.C14H28N2O2/c1-19-14-15-22-18-28(37-33(40-4)29(19)22)25-12-6-11-24(30(25)34)23-10-7-13-27(20(23)2)36-32(39)26-16-17-35-38(3)31(26)21-8-5-9-21;1-4-12(3)6-7-14(5-2)8-9-16(10-11-17)13(18)15-14/h6-7,10-13,16-19H,5,8-9,14-15H2,1-4H3,(H,36,39);12,17H,4-11H2,1-3H3,(H,15,18). The largest absolute Gasteiger partial charge is 0.481 e. The highest BCUT2D eigenvalue weighted by Gasteiger charge is 2.36. The average molecular weight is 809 g/mol. The molecule has 310 valence electrons. The second kappa shape index (κ2) is 18.9. The molecule has 1 saturated heterocycles. The van der Waals surface area contributed by atoms with Gasteiger partial charge in [0.15, 0.2) is 0 Å². The minimum absolute atomic E-state index is 0.0127. The number of nitrogens with zero attached hydrogens (tertiary/aromatic N) is 4. The number of allylic oxidation sites excluding steroid dienone is 2. The maximum absolute atomic E-state index is 13.5. The van der Waals surface area contributed by atoms with E-state index in [0.29, 0.717) is 28.9 Å². The van der Waals surface area contributed by atoms with E-state index in [1.165, 1.54) is 29.5 Å². The van der Waals surface area contributed by atoms with Crippen molar-refractivity contribution in [2.75, 3.05) is 39.2 Å². The number of amides is 3. The second-order valence-corrected chi connectivity index (χ2v) is 16.8. The predicted octanol–water partition coefficient (Wildman–Crippen LogP) is 10.0. The molecular formula is C47H61ClN6O4. The first-order valence-corrected chi connectivity index (χ1v) is 21.5. The number of aliphatic hydroxyl groups is 1. The number of hydrogen-bond acceptors (Lipinski definition) is 7. The van der Waals surface area contributed by atoms with Gasteiger partial charge in [-0.05, 0) is 117 Å². The Labute approximate surface area is 349 Å². The molecule has 1 saturated carbocycles. The molecule has 3 amide bonds. The van der Waals surface area contributed by atoms with Gasteiger partial charge >= 0.3 is 6.03 Å². The van der Waals surface area contributed by atoms with Gasteiger partial charge in [0.05, 0.1) is 35.7 Å². The number of likely N-dealkylation sites (N-methyl/N-ethyl adjacent to an activating group) is 1. The molecule has 3 aromatic rings. The normalized spacial score (nSPS) is 20.4. The van der Waals surface area contributed by atoms with E-state index in [-0.39, 0.29) is 24.1 Å². The van der Waals surface area contributed by atoms with E-state index in [9.17, 15) is 9.59 Å². The van der Waals surface area contributed by atoms with Gasteiger partial charge in [-0.3, -0.25) is 9.80 Å². The molecule has 1 aromatic heterocycles. The number of β-amino-alcohol motifs (C(OH)–C–C–N with tert-alkyl or cyclic N) is 1. The molecule has 11 heteroatoms. The zero-order valence-electron chi connectivity index (χ0n) is 35.4. The molecule has 0 spiro atoms. The molecule has 2 aliphatic heterocycles. The van der Waals surface area contributed by atoms with Gasteiger partial charge in [0.1, 0.15) is 0 Å². The van der Waals surface area contributed by atoms with Crippen LogP contribution in [0.25, 0.3) is 22.4 Å². The summed E-state index contributed by atoms with van der Waals surface area (Å²) in [7, 11) is 3.57. The fourth-order valence-electron chi connectivity index (χ4n) is 8.54. The number of halogens is 1. The third-order valence-electron chi connectivity index (χ3n) is 12.8. The minimum atomic E-state index is -0.142. The lowest BCUT2D eigenvalue weighted by Crippen LogP contribution is -2.60. The van der Waals surface area contributed by atoms with Crippen molar-refractivity contribution in [2.24, 2.45) is 11.0 Å². The number of hydrazone groups is 1. The number of hydrogen-bond donors (Lipinski definition) is 3. The lowest BCUT2D eigenvalue weighted by Gasteiger charge is -2.42. The van der Waals surface area contributed by atoms with Crippen LogP contribution in [0.15, 0.2) is 70.5 Å². The second-order valence-electron chi connectivity index (χ2n) is 16.4. The highest BCUT2D eigenvalue weighted by molar-refractivity contribution is 6.36. The molecule has 58 heavy (non-hydrogen) atoms. The van der Waals surface area contributed by atoms with Crippen LogP contribution in [-0.4, -0.2) is 77.5 Å². The lowest BCUT2D eigenvalue weighted by molar-refractivity contribution is -0.112. The van der Waals surface area contributed by atoms with Gasteiger partial charge in [-0.2, -0.15) is 5.10 Å². The van der Waals surface area contributed by atoms with Crippen molar-refractivity contribution in [3.63, 3.8) is 0 Å². The van der Waals surface area contributed by atoms with Crippen LogP contribution < -0.4 is 15.4 Å². The number of fused-ring (bicyclic) bond motifs is 1. The zero-order chi connectivity index (χ0) is 41.6. The number of aromatic nitrogens is 1. The van der Waals surface area contributed by atoms with Gasteiger partial charge in [0, 0.05) is 54.3 Å². The van der Waals surface area contributed by atoms with Crippen molar-refractivity contribution < 1.29 is 19.4 Å². The molecule has 7 rings (SSSR count). The topological polar surface area (TPSA) is 119 Å². The van der Waals surface area contributed by atoms with Crippen LogP contribution in [0, 0.1) is 12.8 Å². The fraction of sp³-hybridized carbons (Fsp3) is 0.489.